The van der Waals surface area contributed by atoms with Crippen molar-refractivity contribution >= 4 is 35.2 Å². The minimum absolute atomic E-state index is 0.0247. The van der Waals surface area contributed by atoms with E-state index in [4.69, 9.17) is 17.0 Å². The lowest BCUT2D eigenvalue weighted by Gasteiger charge is -2.11. The summed E-state index contributed by atoms with van der Waals surface area (Å²) in [7, 11) is 0. The largest absolute Gasteiger partial charge is 0.484 e. The Morgan fingerprint density at radius 2 is 1.42 bits per heavy atom. The summed E-state index contributed by atoms with van der Waals surface area (Å²) in [4.78, 5) is 23.8. The van der Waals surface area contributed by atoms with E-state index in [2.05, 4.69) is 16.2 Å². The van der Waals surface area contributed by atoms with E-state index in [0.29, 0.717) is 5.75 Å². The molecular formula is C24H21N3O3S. The molecule has 0 unspecified atom stereocenters. The number of ether oxygens (including phenoxy) is 1. The van der Waals surface area contributed by atoms with Crippen LogP contribution >= 0.6 is 12.2 Å². The second-order valence-corrected chi connectivity index (χ2v) is 6.82. The molecule has 0 aliphatic carbocycles. The van der Waals surface area contributed by atoms with Gasteiger partial charge in [0, 0.05) is 6.08 Å². The maximum Gasteiger partial charge on any atom is 0.276 e. The van der Waals surface area contributed by atoms with Crippen molar-refractivity contribution in [2.75, 3.05) is 6.61 Å². The number of rotatable bonds is 6. The monoisotopic (exact) mass is 431 g/mol. The standard InChI is InChI=1S/C24H21N3O3S/c28-22(16-11-18-7-3-1-4-8-18)25-24(31)27-26-23(29)17-30-21-14-12-20(13-15-21)19-9-5-2-6-10-19/h1-16H,17H2,(H,26,29)(H2,25,27,28,31). The second kappa shape index (κ2) is 11.3. The van der Waals surface area contributed by atoms with Crippen LogP contribution in [0.1, 0.15) is 5.56 Å². The number of carbonyl (C=O) groups is 2. The van der Waals surface area contributed by atoms with Crippen molar-refractivity contribution in [1.82, 2.24) is 16.2 Å². The van der Waals surface area contributed by atoms with Gasteiger partial charge in [-0.2, -0.15) is 0 Å². The van der Waals surface area contributed by atoms with Crippen LogP contribution in [0, 0.1) is 0 Å². The second-order valence-electron chi connectivity index (χ2n) is 6.41. The van der Waals surface area contributed by atoms with Gasteiger partial charge in [0.25, 0.3) is 5.91 Å². The lowest BCUT2D eigenvalue weighted by atomic mass is 10.1. The first kappa shape index (κ1) is 21.7. The Morgan fingerprint density at radius 1 is 0.806 bits per heavy atom. The molecule has 0 fully saturated rings. The van der Waals surface area contributed by atoms with Crippen molar-refractivity contribution < 1.29 is 14.3 Å². The Bertz CT molecular complexity index is 1050. The molecule has 0 heterocycles. The molecule has 0 aliphatic heterocycles. The highest BCUT2D eigenvalue weighted by Crippen LogP contribution is 2.21. The number of thiocarbonyl (C=S) groups is 1. The van der Waals surface area contributed by atoms with Gasteiger partial charge < -0.3 is 4.74 Å². The average Bonchev–Trinajstić information content (AvgIpc) is 2.81. The first-order valence-electron chi connectivity index (χ1n) is 9.51. The van der Waals surface area contributed by atoms with E-state index in [1.165, 1.54) is 6.08 Å². The van der Waals surface area contributed by atoms with E-state index < -0.39 is 11.8 Å². The van der Waals surface area contributed by atoms with E-state index in [1.807, 2.05) is 72.8 Å². The van der Waals surface area contributed by atoms with Gasteiger partial charge in [-0.15, -0.1) is 0 Å². The van der Waals surface area contributed by atoms with E-state index in [0.717, 1.165) is 16.7 Å². The van der Waals surface area contributed by atoms with Crippen LogP contribution in [0.15, 0.2) is 91.0 Å². The molecule has 31 heavy (non-hydrogen) atoms. The van der Waals surface area contributed by atoms with Crippen molar-refractivity contribution in [3.8, 4) is 16.9 Å². The summed E-state index contributed by atoms with van der Waals surface area (Å²) in [6.07, 6.45) is 3.01. The minimum Gasteiger partial charge on any atom is -0.484 e. The van der Waals surface area contributed by atoms with Gasteiger partial charge in [-0.3, -0.25) is 25.8 Å². The molecular weight excluding hydrogens is 410 g/mol. The highest BCUT2D eigenvalue weighted by Gasteiger charge is 2.05. The van der Waals surface area contributed by atoms with Gasteiger partial charge in [-0.1, -0.05) is 72.8 Å². The van der Waals surface area contributed by atoms with Crippen LogP contribution in [-0.2, 0) is 9.59 Å². The smallest absolute Gasteiger partial charge is 0.276 e. The quantitative estimate of drug-likeness (QED) is 0.316. The maximum atomic E-state index is 11.9. The highest BCUT2D eigenvalue weighted by molar-refractivity contribution is 7.80. The topological polar surface area (TPSA) is 79.5 Å². The van der Waals surface area contributed by atoms with Crippen molar-refractivity contribution in [1.29, 1.82) is 0 Å². The Balaban J connectivity index is 1.37. The third kappa shape index (κ3) is 7.41. The molecule has 0 saturated carbocycles. The molecule has 0 aliphatic rings. The third-order valence-electron chi connectivity index (χ3n) is 4.11. The molecule has 0 spiro atoms. The minimum atomic E-state index is -0.441. The summed E-state index contributed by atoms with van der Waals surface area (Å²) in [5, 5.41) is 2.42. The first-order chi connectivity index (χ1) is 15.1. The number of hydrazine groups is 1. The lowest BCUT2D eigenvalue weighted by molar-refractivity contribution is -0.123. The number of benzene rings is 3. The van der Waals surface area contributed by atoms with Gasteiger partial charge in [0.15, 0.2) is 11.7 Å². The molecule has 3 rings (SSSR count). The van der Waals surface area contributed by atoms with Crippen LogP contribution in [0.3, 0.4) is 0 Å². The molecule has 6 nitrogen and oxygen atoms in total. The molecule has 0 saturated heterocycles. The highest BCUT2D eigenvalue weighted by atomic mass is 32.1. The van der Waals surface area contributed by atoms with Crippen LogP contribution in [0.4, 0.5) is 0 Å². The lowest BCUT2D eigenvalue weighted by Crippen LogP contribution is -2.49. The Hall–Kier alpha value is -3.97. The summed E-state index contributed by atoms with van der Waals surface area (Å²) < 4.78 is 5.47. The molecule has 3 aromatic carbocycles. The summed E-state index contributed by atoms with van der Waals surface area (Å²) >= 11 is 4.99. The molecule has 0 atom stereocenters. The molecule has 2 amide bonds. The predicted molar refractivity (Wildman–Crippen MR) is 125 cm³/mol. The molecule has 0 bridgehead atoms. The van der Waals surface area contributed by atoms with Crippen molar-refractivity contribution in [2.24, 2.45) is 0 Å². The van der Waals surface area contributed by atoms with Crippen molar-refractivity contribution in [2.45, 2.75) is 0 Å². The van der Waals surface area contributed by atoms with Gasteiger partial charge in [0.2, 0.25) is 5.91 Å². The third-order valence-corrected chi connectivity index (χ3v) is 4.31. The van der Waals surface area contributed by atoms with Gasteiger partial charge in [-0.05, 0) is 47.1 Å². The van der Waals surface area contributed by atoms with E-state index in [-0.39, 0.29) is 11.7 Å². The summed E-state index contributed by atoms with van der Waals surface area (Å²) in [5.74, 6) is -0.286. The number of hydrogen-bond donors (Lipinski definition) is 3. The van der Waals surface area contributed by atoms with Crippen LogP contribution < -0.4 is 20.9 Å². The van der Waals surface area contributed by atoms with E-state index in [1.54, 1.807) is 18.2 Å². The average molecular weight is 432 g/mol. The number of amides is 2. The summed E-state index contributed by atoms with van der Waals surface area (Å²) in [5.41, 5.74) is 7.89. The number of carbonyl (C=O) groups excluding carboxylic acids is 2. The fourth-order valence-electron chi connectivity index (χ4n) is 2.61. The zero-order valence-electron chi connectivity index (χ0n) is 16.6. The van der Waals surface area contributed by atoms with Crippen LogP contribution in [-0.4, -0.2) is 23.5 Å². The Kier molecular flexibility index (Phi) is 7.90. The van der Waals surface area contributed by atoms with Crippen LogP contribution in [0.5, 0.6) is 5.75 Å². The van der Waals surface area contributed by atoms with E-state index in [9.17, 15) is 9.59 Å². The van der Waals surface area contributed by atoms with Crippen molar-refractivity contribution in [3.63, 3.8) is 0 Å². The molecule has 0 radical (unpaired) electrons. The van der Waals surface area contributed by atoms with Gasteiger partial charge >= 0.3 is 0 Å². The zero-order valence-corrected chi connectivity index (χ0v) is 17.4. The molecule has 0 aromatic heterocycles. The fraction of sp³-hybridized carbons (Fsp3) is 0.0417. The van der Waals surface area contributed by atoms with Crippen LogP contribution in [0.2, 0.25) is 0 Å². The molecule has 3 N–H and O–H groups in total. The molecule has 156 valence electrons. The Labute approximate surface area is 185 Å². The van der Waals surface area contributed by atoms with E-state index >= 15 is 0 Å². The maximum absolute atomic E-state index is 11.9. The Morgan fingerprint density at radius 3 is 2.10 bits per heavy atom. The van der Waals surface area contributed by atoms with Crippen LogP contribution in [0.25, 0.3) is 17.2 Å². The SMILES string of the molecule is O=C(C=Cc1ccccc1)NC(=S)NNC(=O)COc1ccc(-c2ccccc2)cc1. The molecule has 3 aromatic rings. The summed E-state index contributed by atoms with van der Waals surface area (Å²) in [6.45, 7) is -0.206. The van der Waals surface area contributed by atoms with Gasteiger partial charge in [-0.25, -0.2) is 0 Å². The normalized spacial score (nSPS) is 10.3. The van der Waals surface area contributed by atoms with Gasteiger partial charge in [0.1, 0.15) is 5.75 Å². The predicted octanol–water partition coefficient (Wildman–Crippen LogP) is 3.47. The van der Waals surface area contributed by atoms with Gasteiger partial charge in [0.05, 0.1) is 0 Å². The first-order valence-corrected chi connectivity index (χ1v) is 9.92. The summed E-state index contributed by atoms with van der Waals surface area (Å²) in [6, 6.07) is 26.8. The number of nitrogens with one attached hydrogen (secondary N) is 3. The fourth-order valence-corrected chi connectivity index (χ4v) is 2.76. The molecule has 7 heteroatoms. The zero-order chi connectivity index (χ0) is 21.9. The van der Waals surface area contributed by atoms with Crippen molar-refractivity contribution in [3.05, 3.63) is 96.6 Å². The number of hydrogen-bond acceptors (Lipinski definition) is 4.